The van der Waals surface area contributed by atoms with E-state index in [0.29, 0.717) is 5.56 Å². The Labute approximate surface area is 134 Å². The van der Waals surface area contributed by atoms with E-state index in [1.807, 2.05) is 36.6 Å². The van der Waals surface area contributed by atoms with E-state index in [1.54, 1.807) is 11.3 Å². The predicted molar refractivity (Wildman–Crippen MR) is 91.3 cm³/mol. The van der Waals surface area contributed by atoms with Crippen LogP contribution in [0.4, 0.5) is 0 Å². The number of hydrogen-bond donors (Lipinski definition) is 1. The van der Waals surface area contributed by atoms with E-state index >= 15 is 0 Å². The molecule has 3 rings (SSSR count). The van der Waals surface area contributed by atoms with Gasteiger partial charge >= 0.3 is 0 Å². The number of aromatic nitrogens is 1. The van der Waals surface area contributed by atoms with Crippen molar-refractivity contribution in [3.8, 4) is 11.1 Å². The summed E-state index contributed by atoms with van der Waals surface area (Å²) in [5.74, 6) is -0.367. The number of primary amides is 1. The molecule has 4 heteroatoms. The Bertz CT molecular complexity index is 801. The van der Waals surface area contributed by atoms with E-state index in [4.69, 9.17) is 5.73 Å². The molecule has 3 aromatic rings. The van der Waals surface area contributed by atoms with Crippen LogP contribution in [0.3, 0.4) is 0 Å². The molecule has 0 saturated heterocycles. The molecule has 0 saturated carbocycles. The van der Waals surface area contributed by atoms with Gasteiger partial charge in [0.2, 0.25) is 0 Å². The monoisotopic (exact) mass is 310 g/mol. The van der Waals surface area contributed by atoms with Gasteiger partial charge < -0.3 is 10.3 Å². The number of carbonyl (C=O) groups is 1. The SMILES string of the molecule is Cc1c(C(N)=O)c(-c2ccsc2)c(C)n1Cc1ccccc1. The largest absolute Gasteiger partial charge is 0.366 e. The van der Waals surface area contributed by atoms with Gasteiger partial charge in [0.1, 0.15) is 0 Å². The molecule has 0 spiro atoms. The van der Waals surface area contributed by atoms with Crippen molar-refractivity contribution in [2.75, 3.05) is 0 Å². The fourth-order valence-corrected chi connectivity index (χ4v) is 3.59. The average molecular weight is 310 g/mol. The molecule has 2 heterocycles. The quantitative estimate of drug-likeness (QED) is 0.778. The zero-order valence-corrected chi connectivity index (χ0v) is 13.5. The minimum absolute atomic E-state index is 0.367. The van der Waals surface area contributed by atoms with E-state index in [9.17, 15) is 4.79 Å². The first kappa shape index (κ1) is 14.6. The van der Waals surface area contributed by atoms with Gasteiger partial charge in [-0.15, -0.1) is 0 Å². The van der Waals surface area contributed by atoms with Gasteiger partial charge in [-0.1, -0.05) is 30.3 Å². The molecule has 0 aliphatic heterocycles. The molecule has 1 amide bonds. The smallest absolute Gasteiger partial charge is 0.251 e. The average Bonchev–Trinajstić information content (AvgIpc) is 3.10. The third-order valence-corrected chi connectivity index (χ3v) is 4.71. The van der Waals surface area contributed by atoms with Gasteiger partial charge in [-0.25, -0.2) is 0 Å². The van der Waals surface area contributed by atoms with Crippen molar-refractivity contribution in [1.29, 1.82) is 0 Å². The third kappa shape index (κ3) is 2.46. The molecule has 0 bridgehead atoms. The number of rotatable bonds is 4. The van der Waals surface area contributed by atoms with Crippen LogP contribution in [0.1, 0.15) is 27.3 Å². The Morgan fingerprint density at radius 1 is 1.14 bits per heavy atom. The van der Waals surface area contributed by atoms with Crippen LogP contribution in [0.25, 0.3) is 11.1 Å². The van der Waals surface area contributed by atoms with Crippen LogP contribution in [-0.2, 0) is 6.54 Å². The van der Waals surface area contributed by atoms with E-state index in [0.717, 1.165) is 29.1 Å². The highest BCUT2D eigenvalue weighted by atomic mass is 32.1. The predicted octanol–water partition coefficient (Wildman–Crippen LogP) is 3.98. The highest BCUT2D eigenvalue weighted by Crippen LogP contribution is 2.33. The van der Waals surface area contributed by atoms with Crippen molar-refractivity contribution in [2.45, 2.75) is 20.4 Å². The van der Waals surface area contributed by atoms with Crippen molar-refractivity contribution in [3.63, 3.8) is 0 Å². The van der Waals surface area contributed by atoms with Gasteiger partial charge in [-0.3, -0.25) is 4.79 Å². The molecular weight excluding hydrogens is 292 g/mol. The highest BCUT2D eigenvalue weighted by molar-refractivity contribution is 7.08. The molecule has 22 heavy (non-hydrogen) atoms. The van der Waals surface area contributed by atoms with Gasteiger partial charge in [0.05, 0.1) is 5.56 Å². The van der Waals surface area contributed by atoms with Crippen molar-refractivity contribution in [1.82, 2.24) is 4.57 Å². The number of benzene rings is 1. The normalized spacial score (nSPS) is 10.8. The summed E-state index contributed by atoms with van der Waals surface area (Å²) in [5.41, 5.74) is 11.5. The molecular formula is C18H18N2OS. The number of hydrogen-bond acceptors (Lipinski definition) is 2. The molecule has 0 fully saturated rings. The van der Waals surface area contributed by atoms with Gasteiger partial charge in [-0.2, -0.15) is 11.3 Å². The van der Waals surface area contributed by atoms with Crippen molar-refractivity contribution in [3.05, 3.63) is 69.7 Å². The summed E-state index contributed by atoms with van der Waals surface area (Å²) in [7, 11) is 0. The molecule has 3 nitrogen and oxygen atoms in total. The maximum atomic E-state index is 12.0. The number of thiophene rings is 1. The lowest BCUT2D eigenvalue weighted by atomic mass is 10.0. The molecule has 0 radical (unpaired) electrons. The maximum absolute atomic E-state index is 12.0. The Morgan fingerprint density at radius 2 is 1.86 bits per heavy atom. The van der Waals surface area contributed by atoms with Gasteiger partial charge in [0.15, 0.2) is 0 Å². The first-order valence-electron chi connectivity index (χ1n) is 7.15. The standard InChI is InChI=1S/C18H18N2OS/c1-12-16(15-8-9-22-11-15)17(18(19)21)13(2)20(12)10-14-6-4-3-5-7-14/h3-9,11H,10H2,1-2H3,(H2,19,21). The van der Waals surface area contributed by atoms with Crippen LogP contribution in [0.5, 0.6) is 0 Å². The highest BCUT2D eigenvalue weighted by Gasteiger charge is 2.22. The summed E-state index contributed by atoms with van der Waals surface area (Å²) >= 11 is 1.62. The first-order chi connectivity index (χ1) is 10.6. The molecule has 2 aromatic heterocycles. The van der Waals surface area contributed by atoms with Crippen molar-refractivity contribution >= 4 is 17.2 Å². The number of nitrogens with two attached hydrogens (primary N) is 1. The van der Waals surface area contributed by atoms with Crippen molar-refractivity contribution < 1.29 is 4.79 Å². The maximum Gasteiger partial charge on any atom is 0.251 e. The second-order valence-electron chi connectivity index (χ2n) is 5.37. The lowest BCUT2D eigenvalue weighted by molar-refractivity contribution is 0.1000. The van der Waals surface area contributed by atoms with Gasteiger partial charge in [0.25, 0.3) is 5.91 Å². The molecule has 112 valence electrons. The molecule has 0 aliphatic carbocycles. The topological polar surface area (TPSA) is 48.0 Å². The zero-order chi connectivity index (χ0) is 15.7. The van der Waals surface area contributed by atoms with E-state index in [2.05, 4.69) is 29.0 Å². The third-order valence-electron chi connectivity index (χ3n) is 4.02. The Morgan fingerprint density at radius 3 is 2.45 bits per heavy atom. The fourth-order valence-electron chi connectivity index (χ4n) is 2.95. The van der Waals surface area contributed by atoms with Gasteiger partial charge in [-0.05, 0) is 41.8 Å². The van der Waals surface area contributed by atoms with E-state index in [-0.39, 0.29) is 5.91 Å². The molecule has 2 N–H and O–H groups in total. The van der Waals surface area contributed by atoms with Crippen LogP contribution >= 0.6 is 11.3 Å². The summed E-state index contributed by atoms with van der Waals surface area (Å²) in [4.78, 5) is 12.0. The van der Waals surface area contributed by atoms with E-state index in [1.165, 1.54) is 5.56 Å². The van der Waals surface area contributed by atoms with E-state index < -0.39 is 0 Å². The van der Waals surface area contributed by atoms with Crippen LogP contribution in [0.2, 0.25) is 0 Å². The van der Waals surface area contributed by atoms with Gasteiger partial charge in [0, 0.05) is 23.5 Å². The van der Waals surface area contributed by atoms with Crippen LogP contribution in [0.15, 0.2) is 47.2 Å². The summed E-state index contributed by atoms with van der Waals surface area (Å²) in [6, 6.07) is 12.3. The molecule has 0 atom stereocenters. The number of nitrogens with zero attached hydrogens (tertiary/aromatic N) is 1. The number of carbonyl (C=O) groups excluding carboxylic acids is 1. The van der Waals surface area contributed by atoms with Crippen LogP contribution < -0.4 is 5.73 Å². The summed E-state index contributed by atoms with van der Waals surface area (Å²) in [6.45, 7) is 4.75. The Hall–Kier alpha value is -2.33. The lowest BCUT2D eigenvalue weighted by Crippen LogP contribution is -2.13. The summed E-state index contributed by atoms with van der Waals surface area (Å²) in [6.07, 6.45) is 0. The lowest BCUT2D eigenvalue weighted by Gasteiger charge is -2.09. The second kappa shape index (κ2) is 5.81. The molecule has 1 aromatic carbocycles. The Kier molecular flexibility index (Phi) is 3.86. The first-order valence-corrected chi connectivity index (χ1v) is 8.10. The fraction of sp³-hybridized carbons (Fsp3) is 0.167. The number of amides is 1. The van der Waals surface area contributed by atoms with Crippen LogP contribution in [0, 0.1) is 13.8 Å². The van der Waals surface area contributed by atoms with Crippen molar-refractivity contribution in [2.24, 2.45) is 5.73 Å². The summed E-state index contributed by atoms with van der Waals surface area (Å²) < 4.78 is 2.17. The van der Waals surface area contributed by atoms with Crippen LogP contribution in [-0.4, -0.2) is 10.5 Å². The summed E-state index contributed by atoms with van der Waals surface area (Å²) in [5, 5.41) is 4.07. The minimum Gasteiger partial charge on any atom is -0.366 e. The second-order valence-corrected chi connectivity index (χ2v) is 6.15. The molecule has 0 unspecified atom stereocenters. The Balaban J connectivity index is 2.16. The zero-order valence-electron chi connectivity index (χ0n) is 12.7. The molecule has 0 aliphatic rings. The minimum atomic E-state index is -0.367.